The topological polar surface area (TPSA) is 37.4 Å². The van der Waals surface area contributed by atoms with E-state index in [1.54, 1.807) is 11.9 Å². The number of amides is 1. The molecule has 3 nitrogen and oxygen atoms in total. The number of Topliss-reactive ketones (excluding diaryl/α,β-unsaturated/α-hetero) is 1. The molecular formula is C8H13NO2. The number of hydrogen-bond donors (Lipinski definition) is 0. The molecule has 0 aromatic rings. The summed E-state index contributed by atoms with van der Waals surface area (Å²) in [6.45, 7) is 2.60. The van der Waals surface area contributed by atoms with Crippen LogP contribution in [0.4, 0.5) is 0 Å². The molecule has 62 valence electrons. The van der Waals surface area contributed by atoms with Gasteiger partial charge < -0.3 is 4.90 Å². The van der Waals surface area contributed by atoms with Gasteiger partial charge in [0, 0.05) is 19.5 Å². The molecule has 0 aliphatic carbocycles. The van der Waals surface area contributed by atoms with E-state index in [-0.39, 0.29) is 24.0 Å². The Labute approximate surface area is 66.4 Å². The molecule has 3 heteroatoms. The fourth-order valence-corrected chi connectivity index (χ4v) is 1.13. The fourth-order valence-electron chi connectivity index (χ4n) is 1.13. The van der Waals surface area contributed by atoms with Crippen LogP contribution in [0.15, 0.2) is 0 Å². The van der Waals surface area contributed by atoms with E-state index in [4.69, 9.17) is 0 Å². The van der Waals surface area contributed by atoms with E-state index < -0.39 is 0 Å². The largest absolute Gasteiger partial charge is 0.345 e. The Hall–Kier alpha value is -0.860. The minimum Gasteiger partial charge on any atom is -0.345 e. The Balaban J connectivity index is 2.66. The molecular weight excluding hydrogens is 142 g/mol. The van der Waals surface area contributed by atoms with Crippen LogP contribution in [0, 0.1) is 5.92 Å². The summed E-state index contributed by atoms with van der Waals surface area (Å²) < 4.78 is 0. The van der Waals surface area contributed by atoms with Crippen molar-refractivity contribution in [2.24, 2.45) is 5.92 Å². The Morgan fingerprint density at radius 1 is 1.45 bits per heavy atom. The van der Waals surface area contributed by atoms with Gasteiger partial charge in [-0.1, -0.05) is 6.92 Å². The van der Waals surface area contributed by atoms with Crippen LogP contribution in [0.5, 0.6) is 0 Å². The lowest BCUT2D eigenvalue weighted by Crippen LogP contribution is -2.25. The molecule has 1 aliphatic rings. The second-order valence-electron chi connectivity index (χ2n) is 3.15. The van der Waals surface area contributed by atoms with Crippen molar-refractivity contribution < 1.29 is 9.59 Å². The number of rotatable bonds is 0. The quantitative estimate of drug-likeness (QED) is 0.476. The zero-order chi connectivity index (χ0) is 8.43. The van der Waals surface area contributed by atoms with Crippen molar-refractivity contribution >= 4 is 11.7 Å². The van der Waals surface area contributed by atoms with Gasteiger partial charge >= 0.3 is 0 Å². The third kappa shape index (κ3) is 1.79. The Kier molecular flexibility index (Phi) is 2.27. The summed E-state index contributed by atoms with van der Waals surface area (Å²) in [7, 11) is 1.74. The van der Waals surface area contributed by atoms with Crippen LogP contribution in [0.2, 0.25) is 0 Å². The van der Waals surface area contributed by atoms with E-state index in [0.717, 1.165) is 6.42 Å². The molecule has 1 amide bonds. The first-order chi connectivity index (χ1) is 5.11. The number of ketones is 1. The van der Waals surface area contributed by atoms with Gasteiger partial charge in [0.1, 0.15) is 5.78 Å². The molecule has 1 saturated heterocycles. The maximum Gasteiger partial charge on any atom is 0.229 e. The molecule has 0 bridgehead atoms. The predicted molar refractivity (Wildman–Crippen MR) is 41.0 cm³/mol. The van der Waals surface area contributed by atoms with Crippen LogP contribution >= 0.6 is 0 Å². The molecule has 1 fully saturated rings. The van der Waals surface area contributed by atoms with Gasteiger partial charge in [0.25, 0.3) is 0 Å². The predicted octanol–water partition coefficient (Wildman–Crippen LogP) is 0.444. The van der Waals surface area contributed by atoms with Crippen LogP contribution in [0.25, 0.3) is 0 Å². The van der Waals surface area contributed by atoms with Crippen LogP contribution in [0.1, 0.15) is 19.8 Å². The molecule has 1 rings (SSSR count). The highest BCUT2D eigenvalue weighted by Crippen LogP contribution is 2.12. The van der Waals surface area contributed by atoms with E-state index in [9.17, 15) is 9.59 Å². The minimum atomic E-state index is -0.0423. The van der Waals surface area contributed by atoms with Crippen molar-refractivity contribution in [3.63, 3.8) is 0 Å². The average Bonchev–Trinajstić information content (AvgIpc) is 2.05. The standard InChI is InChI=1S/C8H13NO2/c1-6-3-4-9(2)8(11)5-7(6)10/h6H,3-5H2,1-2H3. The first-order valence-corrected chi connectivity index (χ1v) is 3.88. The summed E-state index contributed by atoms with van der Waals surface area (Å²) >= 11 is 0. The van der Waals surface area contributed by atoms with Crippen molar-refractivity contribution in [3.8, 4) is 0 Å². The van der Waals surface area contributed by atoms with E-state index in [2.05, 4.69) is 0 Å². The first kappa shape index (κ1) is 8.24. The van der Waals surface area contributed by atoms with Crippen LogP contribution < -0.4 is 0 Å². The number of likely N-dealkylation sites (tertiary alicyclic amines) is 1. The van der Waals surface area contributed by atoms with Crippen molar-refractivity contribution in [1.82, 2.24) is 4.90 Å². The maximum absolute atomic E-state index is 11.1. The Morgan fingerprint density at radius 2 is 2.09 bits per heavy atom. The molecule has 0 spiro atoms. The molecule has 0 radical (unpaired) electrons. The Bertz CT molecular complexity index is 169. The van der Waals surface area contributed by atoms with Crippen molar-refractivity contribution in [2.45, 2.75) is 19.8 Å². The second-order valence-corrected chi connectivity index (χ2v) is 3.15. The van der Waals surface area contributed by atoms with Crippen LogP contribution in [-0.4, -0.2) is 30.2 Å². The Morgan fingerprint density at radius 3 is 2.73 bits per heavy atom. The van der Waals surface area contributed by atoms with Gasteiger partial charge in [-0.05, 0) is 6.42 Å². The van der Waals surface area contributed by atoms with E-state index >= 15 is 0 Å². The molecule has 1 heterocycles. The van der Waals surface area contributed by atoms with Crippen molar-refractivity contribution in [2.75, 3.05) is 13.6 Å². The molecule has 0 N–H and O–H groups in total. The van der Waals surface area contributed by atoms with E-state index in [1.165, 1.54) is 0 Å². The second kappa shape index (κ2) is 3.03. The lowest BCUT2D eigenvalue weighted by Gasteiger charge is -2.12. The SMILES string of the molecule is CC1CCN(C)C(=O)CC1=O. The lowest BCUT2D eigenvalue weighted by atomic mass is 10.0. The summed E-state index contributed by atoms with van der Waals surface area (Å²) in [6.07, 6.45) is 0.902. The summed E-state index contributed by atoms with van der Waals surface area (Å²) in [5, 5.41) is 0. The minimum absolute atomic E-state index is 0.0423. The number of nitrogens with zero attached hydrogens (tertiary/aromatic N) is 1. The van der Waals surface area contributed by atoms with Crippen LogP contribution in [-0.2, 0) is 9.59 Å². The van der Waals surface area contributed by atoms with E-state index in [0.29, 0.717) is 6.54 Å². The third-order valence-corrected chi connectivity index (χ3v) is 2.20. The van der Waals surface area contributed by atoms with Gasteiger partial charge in [0.05, 0.1) is 6.42 Å². The van der Waals surface area contributed by atoms with Gasteiger partial charge in [-0.3, -0.25) is 9.59 Å². The number of hydrogen-bond acceptors (Lipinski definition) is 2. The molecule has 11 heavy (non-hydrogen) atoms. The fraction of sp³-hybridized carbons (Fsp3) is 0.750. The maximum atomic E-state index is 11.1. The summed E-state index contributed by atoms with van der Waals surface area (Å²) in [5.74, 6) is 0.0996. The highest BCUT2D eigenvalue weighted by molar-refractivity contribution is 5.99. The lowest BCUT2D eigenvalue weighted by molar-refractivity contribution is -0.133. The number of carbonyl (C=O) groups is 2. The zero-order valence-corrected chi connectivity index (χ0v) is 6.96. The molecule has 0 aromatic heterocycles. The van der Waals surface area contributed by atoms with Gasteiger partial charge in [-0.25, -0.2) is 0 Å². The molecule has 0 aromatic carbocycles. The van der Waals surface area contributed by atoms with E-state index in [1.807, 2.05) is 6.92 Å². The highest BCUT2D eigenvalue weighted by Gasteiger charge is 2.23. The third-order valence-electron chi connectivity index (χ3n) is 2.20. The van der Waals surface area contributed by atoms with Gasteiger partial charge in [0.2, 0.25) is 5.91 Å². The monoisotopic (exact) mass is 155 g/mol. The summed E-state index contributed by atoms with van der Waals surface area (Å²) in [5.41, 5.74) is 0. The number of carbonyl (C=O) groups excluding carboxylic acids is 2. The van der Waals surface area contributed by atoms with Gasteiger partial charge in [0.15, 0.2) is 0 Å². The van der Waals surface area contributed by atoms with Crippen molar-refractivity contribution in [1.29, 1.82) is 0 Å². The van der Waals surface area contributed by atoms with Gasteiger partial charge in [-0.15, -0.1) is 0 Å². The molecule has 1 atom stereocenters. The molecule has 0 saturated carbocycles. The summed E-state index contributed by atoms with van der Waals surface area (Å²) in [4.78, 5) is 23.8. The normalized spacial score (nSPS) is 27.1. The van der Waals surface area contributed by atoms with Crippen LogP contribution in [0.3, 0.4) is 0 Å². The average molecular weight is 155 g/mol. The highest BCUT2D eigenvalue weighted by atomic mass is 16.2. The molecule has 1 unspecified atom stereocenters. The van der Waals surface area contributed by atoms with Gasteiger partial charge in [-0.2, -0.15) is 0 Å². The zero-order valence-electron chi connectivity index (χ0n) is 6.96. The molecule has 1 aliphatic heterocycles. The first-order valence-electron chi connectivity index (χ1n) is 3.88. The van der Waals surface area contributed by atoms with Crippen molar-refractivity contribution in [3.05, 3.63) is 0 Å². The summed E-state index contributed by atoms with van der Waals surface area (Å²) in [6, 6.07) is 0. The smallest absolute Gasteiger partial charge is 0.229 e.